The Bertz CT molecular complexity index is 176. The van der Waals surface area contributed by atoms with Gasteiger partial charge in [0.05, 0.1) is 6.10 Å². The molecular weight excluding hydrogens is 166 g/mol. The number of hydrogen-bond acceptors (Lipinski definition) is 2. The maximum atomic E-state index is 11.6. The Hall–Kier alpha value is -0.570. The Balaban J connectivity index is 2.27. The van der Waals surface area contributed by atoms with Crippen molar-refractivity contribution in [2.45, 2.75) is 51.7 Å². The number of carbonyl (C=O) groups is 1. The van der Waals surface area contributed by atoms with Gasteiger partial charge in [-0.3, -0.25) is 4.79 Å². The summed E-state index contributed by atoms with van der Waals surface area (Å²) in [5.74, 6) is 0.200. The number of amides is 1. The van der Waals surface area contributed by atoms with E-state index in [9.17, 15) is 4.79 Å². The Labute approximate surface area is 79.7 Å². The molecule has 1 unspecified atom stereocenters. The van der Waals surface area contributed by atoms with Crippen LogP contribution in [-0.2, 0) is 4.79 Å². The molecule has 0 radical (unpaired) electrons. The molecule has 0 saturated heterocycles. The number of aliphatic hydroxyl groups is 1. The first-order chi connectivity index (χ1) is 6.15. The predicted molar refractivity (Wildman–Crippen MR) is 51.3 cm³/mol. The van der Waals surface area contributed by atoms with Crippen LogP contribution in [0.5, 0.6) is 0 Å². The molecule has 0 heterocycles. The molecule has 1 aliphatic rings. The molecule has 3 heteroatoms. The zero-order valence-electron chi connectivity index (χ0n) is 8.49. The molecule has 0 aromatic carbocycles. The number of aliphatic hydroxyl groups excluding tert-OH is 1. The van der Waals surface area contributed by atoms with E-state index in [0.29, 0.717) is 18.9 Å². The second-order valence-electron chi connectivity index (χ2n) is 3.80. The minimum Gasteiger partial charge on any atom is -0.393 e. The van der Waals surface area contributed by atoms with Crippen LogP contribution in [0.25, 0.3) is 0 Å². The van der Waals surface area contributed by atoms with Gasteiger partial charge in [0.15, 0.2) is 0 Å². The van der Waals surface area contributed by atoms with Gasteiger partial charge in [-0.15, -0.1) is 0 Å². The Morgan fingerprint density at radius 1 is 1.62 bits per heavy atom. The number of carbonyl (C=O) groups excluding carboxylic acids is 1. The lowest BCUT2D eigenvalue weighted by atomic mass is 10.2. The monoisotopic (exact) mass is 185 g/mol. The first kappa shape index (κ1) is 10.5. The summed E-state index contributed by atoms with van der Waals surface area (Å²) in [4.78, 5) is 13.5. The second kappa shape index (κ2) is 4.61. The van der Waals surface area contributed by atoms with Gasteiger partial charge < -0.3 is 10.0 Å². The topological polar surface area (TPSA) is 40.5 Å². The highest BCUT2D eigenvalue weighted by atomic mass is 16.3. The van der Waals surface area contributed by atoms with Crippen molar-refractivity contribution < 1.29 is 9.90 Å². The highest BCUT2D eigenvalue weighted by Gasteiger charge is 2.30. The van der Waals surface area contributed by atoms with Crippen LogP contribution in [0.4, 0.5) is 0 Å². The van der Waals surface area contributed by atoms with E-state index in [1.165, 1.54) is 0 Å². The first-order valence-electron chi connectivity index (χ1n) is 5.12. The normalized spacial score (nSPS) is 18.4. The smallest absolute Gasteiger partial charge is 0.222 e. The maximum Gasteiger partial charge on any atom is 0.222 e. The van der Waals surface area contributed by atoms with Gasteiger partial charge in [-0.1, -0.05) is 0 Å². The first-order valence-corrected chi connectivity index (χ1v) is 5.12. The Kier molecular flexibility index (Phi) is 3.72. The van der Waals surface area contributed by atoms with Crippen LogP contribution in [0.15, 0.2) is 0 Å². The molecule has 13 heavy (non-hydrogen) atoms. The third-order valence-electron chi connectivity index (χ3n) is 2.42. The fraction of sp³-hybridized carbons (Fsp3) is 0.900. The van der Waals surface area contributed by atoms with Crippen molar-refractivity contribution in [1.82, 2.24) is 4.90 Å². The van der Waals surface area contributed by atoms with E-state index in [-0.39, 0.29) is 12.0 Å². The molecule has 1 atom stereocenters. The van der Waals surface area contributed by atoms with Crippen LogP contribution in [0.3, 0.4) is 0 Å². The lowest BCUT2D eigenvalue weighted by Gasteiger charge is -2.20. The number of hydrogen-bond donors (Lipinski definition) is 1. The summed E-state index contributed by atoms with van der Waals surface area (Å²) in [7, 11) is 0. The minimum absolute atomic E-state index is 0.200. The van der Waals surface area contributed by atoms with Crippen molar-refractivity contribution in [3.63, 3.8) is 0 Å². The van der Waals surface area contributed by atoms with Crippen molar-refractivity contribution in [1.29, 1.82) is 0 Å². The fourth-order valence-electron chi connectivity index (χ4n) is 1.50. The van der Waals surface area contributed by atoms with Gasteiger partial charge >= 0.3 is 0 Å². The van der Waals surface area contributed by atoms with Crippen molar-refractivity contribution >= 4 is 5.91 Å². The lowest BCUT2D eigenvalue weighted by Crippen LogP contribution is -2.33. The molecule has 0 bridgehead atoms. The third kappa shape index (κ3) is 3.35. The summed E-state index contributed by atoms with van der Waals surface area (Å²) < 4.78 is 0. The van der Waals surface area contributed by atoms with Gasteiger partial charge in [-0.25, -0.2) is 0 Å². The van der Waals surface area contributed by atoms with E-state index in [2.05, 4.69) is 0 Å². The van der Waals surface area contributed by atoms with Crippen molar-refractivity contribution in [3.05, 3.63) is 0 Å². The van der Waals surface area contributed by atoms with Crippen molar-refractivity contribution in [2.24, 2.45) is 0 Å². The summed E-state index contributed by atoms with van der Waals surface area (Å²) in [6.45, 7) is 4.54. The average molecular weight is 185 g/mol. The van der Waals surface area contributed by atoms with Crippen LogP contribution in [-0.4, -0.2) is 34.6 Å². The van der Waals surface area contributed by atoms with Gasteiger partial charge in [0.1, 0.15) is 0 Å². The zero-order chi connectivity index (χ0) is 9.84. The molecule has 0 aromatic heterocycles. The molecule has 76 valence electrons. The second-order valence-corrected chi connectivity index (χ2v) is 3.80. The highest BCUT2D eigenvalue weighted by Crippen LogP contribution is 2.27. The van der Waals surface area contributed by atoms with Gasteiger partial charge in [0.25, 0.3) is 0 Å². The summed E-state index contributed by atoms with van der Waals surface area (Å²) >= 11 is 0. The van der Waals surface area contributed by atoms with Gasteiger partial charge in [0, 0.05) is 19.0 Å². The lowest BCUT2D eigenvalue weighted by molar-refractivity contribution is -0.132. The van der Waals surface area contributed by atoms with E-state index < -0.39 is 0 Å². The summed E-state index contributed by atoms with van der Waals surface area (Å²) in [5.41, 5.74) is 0. The van der Waals surface area contributed by atoms with Gasteiger partial charge in [0.2, 0.25) is 5.91 Å². The van der Waals surface area contributed by atoms with E-state index in [4.69, 9.17) is 5.11 Å². The number of rotatable bonds is 5. The quantitative estimate of drug-likeness (QED) is 0.698. The van der Waals surface area contributed by atoms with E-state index >= 15 is 0 Å². The predicted octanol–water partition coefficient (Wildman–Crippen LogP) is 1.16. The third-order valence-corrected chi connectivity index (χ3v) is 2.42. The van der Waals surface area contributed by atoms with E-state index in [0.717, 1.165) is 19.4 Å². The Morgan fingerprint density at radius 2 is 2.23 bits per heavy atom. The fourth-order valence-corrected chi connectivity index (χ4v) is 1.50. The van der Waals surface area contributed by atoms with Crippen LogP contribution in [0.2, 0.25) is 0 Å². The molecule has 0 aliphatic heterocycles. The van der Waals surface area contributed by atoms with Gasteiger partial charge in [-0.05, 0) is 33.1 Å². The molecule has 1 amide bonds. The van der Waals surface area contributed by atoms with Gasteiger partial charge in [-0.2, -0.15) is 0 Å². The SMILES string of the molecule is CCN(C(=O)CCC(C)O)C1CC1. The summed E-state index contributed by atoms with van der Waals surface area (Å²) in [5, 5.41) is 9.04. The minimum atomic E-state index is -0.359. The molecule has 1 aliphatic carbocycles. The van der Waals surface area contributed by atoms with Crippen LogP contribution < -0.4 is 0 Å². The molecule has 0 spiro atoms. The zero-order valence-corrected chi connectivity index (χ0v) is 8.49. The largest absolute Gasteiger partial charge is 0.393 e. The van der Waals surface area contributed by atoms with E-state index in [1.54, 1.807) is 6.92 Å². The number of nitrogens with zero attached hydrogens (tertiary/aromatic N) is 1. The molecule has 3 nitrogen and oxygen atoms in total. The average Bonchev–Trinajstić information content (AvgIpc) is 2.86. The summed E-state index contributed by atoms with van der Waals surface area (Å²) in [6.07, 6.45) is 3.04. The molecule has 1 rings (SSSR count). The standard InChI is InChI=1S/C10H19NO2/c1-3-11(9-5-6-9)10(13)7-4-8(2)12/h8-9,12H,3-7H2,1-2H3. The van der Waals surface area contributed by atoms with Crippen LogP contribution in [0, 0.1) is 0 Å². The van der Waals surface area contributed by atoms with Crippen LogP contribution >= 0.6 is 0 Å². The summed E-state index contributed by atoms with van der Waals surface area (Å²) in [6, 6.07) is 0.506. The molecule has 1 fully saturated rings. The van der Waals surface area contributed by atoms with Crippen molar-refractivity contribution in [3.8, 4) is 0 Å². The molecule has 1 N–H and O–H groups in total. The molecular formula is C10H19NO2. The van der Waals surface area contributed by atoms with E-state index in [1.807, 2.05) is 11.8 Å². The molecule has 0 aromatic rings. The van der Waals surface area contributed by atoms with Crippen molar-refractivity contribution in [2.75, 3.05) is 6.54 Å². The Morgan fingerprint density at radius 3 is 2.62 bits per heavy atom. The highest BCUT2D eigenvalue weighted by molar-refractivity contribution is 5.76. The van der Waals surface area contributed by atoms with Crippen LogP contribution in [0.1, 0.15) is 39.5 Å². The molecule has 1 saturated carbocycles. The maximum absolute atomic E-state index is 11.6.